The van der Waals surface area contributed by atoms with Crippen LogP contribution in [0.5, 0.6) is 0 Å². The first kappa shape index (κ1) is 14.5. The lowest BCUT2D eigenvalue weighted by molar-refractivity contribution is 0.254. The molecule has 2 rings (SSSR count). The topological polar surface area (TPSA) is 29.3 Å². The summed E-state index contributed by atoms with van der Waals surface area (Å²) in [5.74, 6) is -0.290. The van der Waals surface area contributed by atoms with Gasteiger partial charge in [-0.05, 0) is 24.6 Å². The van der Waals surface area contributed by atoms with Crippen molar-refractivity contribution in [1.29, 1.82) is 0 Å². The summed E-state index contributed by atoms with van der Waals surface area (Å²) in [6, 6.07) is 15.5. The fourth-order valence-electron chi connectivity index (χ4n) is 2.33. The van der Waals surface area contributed by atoms with E-state index in [1.165, 1.54) is 5.56 Å². The largest absolute Gasteiger partial charge is 0.396 e. The monoisotopic (exact) mass is 272 g/mol. The van der Waals surface area contributed by atoms with Crippen LogP contribution in [-0.4, -0.2) is 11.4 Å². The molecule has 2 aromatic rings. The minimum Gasteiger partial charge on any atom is -0.396 e. The molecule has 2 aromatic carbocycles. The minimum atomic E-state index is -0.290. The number of nitrogen functional groups attached to an aromatic ring is 1. The predicted molar refractivity (Wildman–Crippen MR) is 81.7 cm³/mol. The smallest absolute Gasteiger partial charge is 0.150 e. The van der Waals surface area contributed by atoms with Gasteiger partial charge >= 0.3 is 0 Å². The van der Waals surface area contributed by atoms with E-state index in [2.05, 4.69) is 24.0 Å². The minimum absolute atomic E-state index is 0.221. The second kappa shape index (κ2) is 7.06. The summed E-state index contributed by atoms with van der Waals surface area (Å²) in [7, 11) is 0. The molecule has 0 aromatic heterocycles. The Bertz CT molecular complexity index is 540. The van der Waals surface area contributed by atoms with Crippen LogP contribution in [0.15, 0.2) is 48.5 Å². The highest BCUT2D eigenvalue weighted by molar-refractivity contribution is 5.42. The summed E-state index contributed by atoms with van der Waals surface area (Å²) in [6.45, 7) is 4.47. The summed E-state index contributed by atoms with van der Waals surface area (Å²) in [5, 5.41) is 0. The van der Waals surface area contributed by atoms with E-state index in [-0.39, 0.29) is 11.5 Å². The van der Waals surface area contributed by atoms with Gasteiger partial charge in [0.15, 0.2) is 5.82 Å². The van der Waals surface area contributed by atoms with Crippen LogP contribution in [-0.2, 0) is 13.1 Å². The van der Waals surface area contributed by atoms with Crippen LogP contribution < -0.4 is 5.73 Å². The van der Waals surface area contributed by atoms with E-state index in [0.29, 0.717) is 12.1 Å². The van der Waals surface area contributed by atoms with Crippen LogP contribution in [0.4, 0.5) is 10.1 Å². The zero-order valence-electron chi connectivity index (χ0n) is 11.8. The van der Waals surface area contributed by atoms with Gasteiger partial charge in [0.05, 0.1) is 5.69 Å². The Morgan fingerprint density at radius 2 is 1.75 bits per heavy atom. The quantitative estimate of drug-likeness (QED) is 0.810. The fraction of sp³-hybridized carbons (Fsp3) is 0.294. The number of benzene rings is 2. The van der Waals surface area contributed by atoms with Gasteiger partial charge in [-0.3, -0.25) is 4.90 Å². The molecule has 2 N–H and O–H groups in total. The first-order chi connectivity index (χ1) is 9.70. The van der Waals surface area contributed by atoms with Crippen LogP contribution >= 0.6 is 0 Å². The van der Waals surface area contributed by atoms with Crippen molar-refractivity contribution in [3.8, 4) is 0 Å². The second-order valence-corrected chi connectivity index (χ2v) is 5.02. The van der Waals surface area contributed by atoms with Gasteiger partial charge < -0.3 is 5.73 Å². The van der Waals surface area contributed by atoms with Crippen LogP contribution in [0, 0.1) is 5.82 Å². The van der Waals surface area contributed by atoms with Gasteiger partial charge in [0, 0.05) is 18.7 Å². The van der Waals surface area contributed by atoms with E-state index < -0.39 is 0 Å². The lowest BCUT2D eigenvalue weighted by Gasteiger charge is -2.22. The zero-order valence-corrected chi connectivity index (χ0v) is 11.8. The van der Waals surface area contributed by atoms with Crippen molar-refractivity contribution in [3.63, 3.8) is 0 Å². The molecule has 0 amide bonds. The van der Waals surface area contributed by atoms with Crippen LogP contribution in [0.1, 0.15) is 24.5 Å². The molecule has 0 radical (unpaired) electrons. The van der Waals surface area contributed by atoms with Crippen LogP contribution in [0.25, 0.3) is 0 Å². The van der Waals surface area contributed by atoms with E-state index in [0.717, 1.165) is 19.5 Å². The molecule has 0 atom stereocenters. The van der Waals surface area contributed by atoms with Gasteiger partial charge in [-0.1, -0.05) is 49.4 Å². The molecule has 20 heavy (non-hydrogen) atoms. The molecule has 3 heteroatoms. The molecule has 0 aliphatic carbocycles. The third kappa shape index (κ3) is 3.81. The van der Waals surface area contributed by atoms with Crippen molar-refractivity contribution in [2.24, 2.45) is 0 Å². The van der Waals surface area contributed by atoms with Crippen molar-refractivity contribution in [2.45, 2.75) is 26.4 Å². The number of nitrogens with zero attached hydrogens (tertiary/aromatic N) is 1. The highest BCUT2D eigenvalue weighted by Gasteiger charge is 2.11. The first-order valence-electron chi connectivity index (χ1n) is 7.00. The molecule has 0 aliphatic rings. The number of hydrogen-bond acceptors (Lipinski definition) is 2. The Balaban J connectivity index is 2.11. The highest BCUT2D eigenvalue weighted by atomic mass is 19.1. The van der Waals surface area contributed by atoms with E-state index in [1.807, 2.05) is 18.2 Å². The Morgan fingerprint density at radius 3 is 2.45 bits per heavy atom. The van der Waals surface area contributed by atoms with Gasteiger partial charge in [0.2, 0.25) is 0 Å². The third-order valence-corrected chi connectivity index (χ3v) is 3.29. The molecule has 0 aliphatic heterocycles. The standard InChI is InChI=1S/C17H21FN2/c1-2-11-20(12-14-7-4-3-5-8-14)13-15-9-6-10-16(19)17(15)18/h3-10H,2,11-13,19H2,1H3. The molecule has 0 heterocycles. The zero-order chi connectivity index (χ0) is 14.4. The lowest BCUT2D eigenvalue weighted by atomic mass is 10.1. The maximum Gasteiger partial charge on any atom is 0.150 e. The average Bonchev–Trinajstić information content (AvgIpc) is 2.45. The Morgan fingerprint density at radius 1 is 1.00 bits per heavy atom. The molecule has 0 unspecified atom stereocenters. The molecular weight excluding hydrogens is 251 g/mol. The van der Waals surface area contributed by atoms with E-state index in [9.17, 15) is 4.39 Å². The Labute approximate surface area is 120 Å². The van der Waals surface area contributed by atoms with Gasteiger partial charge in [0.25, 0.3) is 0 Å². The van der Waals surface area contributed by atoms with Gasteiger partial charge in [0.1, 0.15) is 0 Å². The Kier molecular flexibility index (Phi) is 5.13. The molecular formula is C17H21FN2. The van der Waals surface area contributed by atoms with E-state index in [4.69, 9.17) is 5.73 Å². The number of anilines is 1. The second-order valence-electron chi connectivity index (χ2n) is 5.02. The molecule has 0 saturated heterocycles. The predicted octanol–water partition coefficient (Wildman–Crippen LogP) is 3.82. The van der Waals surface area contributed by atoms with Crippen molar-refractivity contribution >= 4 is 5.69 Å². The fourth-order valence-corrected chi connectivity index (χ4v) is 2.33. The molecule has 0 bridgehead atoms. The molecule has 0 fully saturated rings. The highest BCUT2D eigenvalue weighted by Crippen LogP contribution is 2.18. The summed E-state index contributed by atoms with van der Waals surface area (Å²) < 4.78 is 14.0. The summed E-state index contributed by atoms with van der Waals surface area (Å²) in [5.41, 5.74) is 7.75. The van der Waals surface area contributed by atoms with Gasteiger partial charge in [-0.15, -0.1) is 0 Å². The average molecular weight is 272 g/mol. The lowest BCUT2D eigenvalue weighted by Crippen LogP contribution is -2.24. The van der Waals surface area contributed by atoms with Crippen molar-refractivity contribution < 1.29 is 4.39 Å². The van der Waals surface area contributed by atoms with Crippen LogP contribution in [0.2, 0.25) is 0 Å². The maximum atomic E-state index is 14.0. The van der Waals surface area contributed by atoms with E-state index in [1.54, 1.807) is 18.2 Å². The van der Waals surface area contributed by atoms with Gasteiger partial charge in [-0.25, -0.2) is 4.39 Å². The molecule has 2 nitrogen and oxygen atoms in total. The molecule has 0 saturated carbocycles. The number of rotatable bonds is 6. The summed E-state index contributed by atoms with van der Waals surface area (Å²) in [6.07, 6.45) is 1.04. The van der Waals surface area contributed by atoms with Crippen molar-refractivity contribution in [3.05, 3.63) is 65.5 Å². The molecule has 0 spiro atoms. The van der Waals surface area contributed by atoms with Crippen molar-refractivity contribution in [1.82, 2.24) is 4.90 Å². The Hall–Kier alpha value is -1.87. The normalized spacial score (nSPS) is 10.9. The number of nitrogens with two attached hydrogens (primary N) is 1. The number of hydrogen-bond donors (Lipinski definition) is 1. The third-order valence-electron chi connectivity index (χ3n) is 3.29. The first-order valence-corrected chi connectivity index (χ1v) is 7.00. The van der Waals surface area contributed by atoms with E-state index >= 15 is 0 Å². The summed E-state index contributed by atoms with van der Waals surface area (Å²) >= 11 is 0. The SMILES string of the molecule is CCCN(Cc1ccccc1)Cc1cccc(N)c1F. The van der Waals surface area contributed by atoms with Crippen LogP contribution in [0.3, 0.4) is 0 Å². The molecule has 106 valence electrons. The van der Waals surface area contributed by atoms with Crippen molar-refractivity contribution in [2.75, 3.05) is 12.3 Å². The number of halogens is 1. The van der Waals surface area contributed by atoms with Gasteiger partial charge in [-0.2, -0.15) is 0 Å². The summed E-state index contributed by atoms with van der Waals surface area (Å²) in [4.78, 5) is 2.24. The maximum absolute atomic E-state index is 14.0.